The van der Waals surface area contributed by atoms with Crippen LogP contribution >= 0.6 is 0 Å². The van der Waals surface area contributed by atoms with Gasteiger partial charge in [-0.2, -0.15) is 0 Å². The molecule has 2 aliphatic rings. The van der Waals surface area contributed by atoms with E-state index in [2.05, 4.69) is 40.3 Å². The van der Waals surface area contributed by atoms with Crippen molar-refractivity contribution >= 4 is 6.03 Å². The normalized spacial score (nSPS) is 24.1. The molecule has 1 aromatic heterocycles. The van der Waals surface area contributed by atoms with Crippen molar-refractivity contribution in [1.82, 2.24) is 24.7 Å². The van der Waals surface area contributed by atoms with Crippen molar-refractivity contribution in [2.45, 2.75) is 32.0 Å². The van der Waals surface area contributed by atoms with Crippen LogP contribution in [0.5, 0.6) is 0 Å². The molecule has 0 radical (unpaired) electrons. The molecule has 1 N–H and O–H groups in total. The van der Waals surface area contributed by atoms with Gasteiger partial charge in [-0.25, -0.2) is 9.78 Å². The number of urea groups is 1. The Kier molecular flexibility index (Phi) is 3.76. The van der Waals surface area contributed by atoms with Gasteiger partial charge >= 0.3 is 6.03 Å². The van der Waals surface area contributed by atoms with E-state index < -0.39 is 0 Å². The summed E-state index contributed by atoms with van der Waals surface area (Å²) in [6, 6.07) is 7.21. The lowest BCUT2D eigenvalue weighted by molar-refractivity contribution is 0.147. The smallest absolute Gasteiger partial charge is 0.317 e. The number of piperidine rings is 1. The molecule has 2 fully saturated rings. The molecule has 2 aliphatic heterocycles. The highest BCUT2D eigenvalue weighted by Gasteiger charge is 2.40. The van der Waals surface area contributed by atoms with Crippen LogP contribution in [0.15, 0.2) is 36.9 Å². The van der Waals surface area contributed by atoms with Gasteiger partial charge in [0, 0.05) is 44.8 Å². The van der Waals surface area contributed by atoms with E-state index in [0.717, 1.165) is 31.7 Å². The van der Waals surface area contributed by atoms with E-state index in [9.17, 15) is 4.79 Å². The van der Waals surface area contributed by atoms with Gasteiger partial charge in [-0.05, 0) is 36.6 Å². The number of amides is 2. The molecule has 2 atom stereocenters. The molecule has 0 aliphatic carbocycles. The van der Waals surface area contributed by atoms with Gasteiger partial charge in [0.25, 0.3) is 0 Å². The lowest BCUT2D eigenvalue weighted by atomic mass is 9.99. The van der Waals surface area contributed by atoms with E-state index in [4.69, 9.17) is 0 Å². The minimum Gasteiger partial charge on any atom is -0.332 e. The highest BCUT2D eigenvalue weighted by Crippen LogP contribution is 2.24. The van der Waals surface area contributed by atoms with Crippen LogP contribution in [0.25, 0.3) is 5.69 Å². The van der Waals surface area contributed by atoms with Crippen LogP contribution < -0.4 is 5.32 Å². The fourth-order valence-corrected chi connectivity index (χ4v) is 3.84. The predicted octanol–water partition coefficient (Wildman–Crippen LogP) is 1.78. The number of nitrogens with zero attached hydrogens (tertiary/aromatic N) is 4. The van der Waals surface area contributed by atoms with E-state index in [0.29, 0.717) is 6.04 Å². The molecule has 0 spiro atoms. The van der Waals surface area contributed by atoms with Gasteiger partial charge in [0.2, 0.25) is 0 Å². The fraction of sp³-hybridized carbons (Fsp3) is 0.444. The molecule has 4 rings (SSSR count). The van der Waals surface area contributed by atoms with Gasteiger partial charge in [-0.15, -0.1) is 0 Å². The van der Waals surface area contributed by atoms with Gasteiger partial charge in [0.05, 0.1) is 18.4 Å². The minimum atomic E-state index is 0.0627. The summed E-state index contributed by atoms with van der Waals surface area (Å²) in [4.78, 5) is 20.2. The first-order valence-electron chi connectivity index (χ1n) is 8.45. The molecule has 0 bridgehead atoms. The number of hydrogen-bond donors (Lipinski definition) is 1. The lowest BCUT2D eigenvalue weighted by Crippen LogP contribution is -2.50. The second-order valence-corrected chi connectivity index (χ2v) is 6.84. The maximum atomic E-state index is 11.8. The van der Waals surface area contributed by atoms with Crippen molar-refractivity contribution in [3.63, 3.8) is 0 Å². The number of nitrogens with one attached hydrogen (secondary N) is 1. The predicted molar refractivity (Wildman–Crippen MR) is 92.1 cm³/mol. The SMILES string of the molecule is Cc1cc(-n2ccnc2)ccc1CN1CC[C@H]2[C@@H](C1)NC(=O)N2C. The zero-order valence-corrected chi connectivity index (χ0v) is 14.1. The first kappa shape index (κ1) is 15.2. The number of carbonyl (C=O) groups excluding carboxylic acids is 1. The average Bonchev–Trinajstić information content (AvgIpc) is 3.19. The third-order valence-electron chi connectivity index (χ3n) is 5.31. The molecule has 3 heterocycles. The summed E-state index contributed by atoms with van der Waals surface area (Å²) in [5.74, 6) is 0. The first-order chi connectivity index (χ1) is 11.6. The maximum absolute atomic E-state index is 11.8. The monoisotopic (exact) mass is 325 g/mol. The van der Waals surface area contributed by atoms with Crippen LogP contribution in [0.1, 0.15) is 17.5 Å². The second kappa shape index (κ2) is 5.94. The largest absolute Gasteiger partial charge is 0.332 e. The summed E-state index contributed by atoms with van der Waals surface area (Å²) >= 11 is 0. The zero-order chi connectivity index (χ0) is 16.7. The molecule has 0 saturated carbocycles. The Hall–Kier alpha value is -2.34. The van der Waals surface area contributed by atoms with Crippen LogP contribution in [0.3, 0.4) is 0 Å². The van der Waals surface area contributed by atoms with E-state index >= 15 is 0 Å². The topological polar surface area (TPSA) is 53.4 Å². The van der Waals surface area contributed by atoms with Crippen molar-refractivity contribution in [2.75, 3.05) is 20.1 Å². The van der Waals surface area contributed by atoms with Crippen molar-refractivity contribution in [3.05, 3.63) is 48.0 Å². The highest BCUT2D eigenvalue weighted by atomic mass is 16.2. The molecule has 1 aromatic carbocycles. The van der Waals surface area contributed by atoms with Crippen molar-refractivity contribution < 1.29 is 4.79 Å². The standard InChI is InChI=1S/C18H23N5O/c1-13-9-15(23-8-6-19-12-23)4-3-14(13)10-22-7-5-17-16(11-22)20-18(24)21(17)2/h3-4,6,8-9,12,16-17H,5,7,10-11H2,1-2H3,(H,20,24)/t16-,17+/m1/s1. The number of benzene rings is 1. The van der Waals surface area contributed by atoms with Crippen molar-refractivity contribution in [1.29, 1.82) is 0 Å². The Labute approximate surface area is 142 Å². The molecule has 126 valence electrons. The number of rotatable bonds is 3. The van der Waals surface area contributed by atoms with Gasteiger partial charge in [-0.1, -0.05) is 6.07 Å². The lowest BCUT2D eigenvalue weighted by Gasteiger charge is -2.36. The second-order valence-electron chi connectivity index (χ2n) is 6.84. The molecule has 6 heteroatoms. The van der Waals surface area contributed by atoms with Gasteiger partial charge < -0.3 is 14.8 Å². The van der Waals surface area contributed by atoms with E-state index in [-0.39, 0.29) is 12.1 Å². The number of aryl methyl sites for hydroxylation is 1. The summed E-state index contributed by atoms with van der Waals surface area (Å²) in [5.41, 5.74) is 3.77. The van der Waals surface area contributed by atoms with Crippen LogP contribution in [0.4, 0.5) is 4.79 Å². The van der Waals surface area contributed by atoms with Crippen LogP contribution in [-0.4, -0.2) is 57.6 Å². The Morgan fingerprint density at radius 1 is 1.38 bits per heavy atom. The number of fused-ring (bicyclic) bond motifs is 1. The van der Waals surface area contributed by atoms with E-state index in [1.165, 1.54) is 11.1 Å². The third kappa shape index (κ3) is 2.67. The average molecular weight is 325 g/mol. The van der Waals surface area contributed by atoms with Crippen molar-refractivity contribution in [3.8, 4) is 5.69 Å². The number of aromatic nitrogens is 2. The number of imidazole rings is 1. The Morgan fingerprint density at radius 3 is 3.00 bits per heavy atom. The summed E-state index contributed by atoms with van der Waals surface area (Å²) in [6.45, 7) is 5.04. The molecular formula is C18H23N5O. The number of carbonyl (C=O) groups is 1. The van der Waals surface area contributed by atoms with Gasteiger partial charge in [0.1, 0.15) is 0 Å². The zero-order valence-electron chi connectivity index (χ0n) is 14.1. The van der Waals surface area contributed by atoms with Crippen LogP contribution in [-0.2, 0) is 6.54 Å². The molecule has 2 amide bonds. The third-order valence-corrected chi connectivity index (χ3v) is 5.31. The number of likely N-dealkylation sites (N-methyl/N-ethyl adjacent to an activating group) is 1. The highest BCUT2D eigenvalue weighted by molar-refractivity contribution is 5.77. The van der Waals surface area contributed by atoms with Gasteiger partial charge in [-0.3, -0.25) is 4.90 Å². The van der Waals surface area contributed by atoms with E-state index in [1.54, 1.807) is 6.20 Å². The Morgan fingerprint density at radius 2 is 2.25 bits per heavy atom. The molecule has 6 nitrogen and oxygen atoms in total. The fourth-order valence-electron chi connectivity index (χ4n) is 3.84. The molecule has 2 aromatic rings. The molecule has 0 unspecified atom stereocenters. The Bertz CT molecular complexity index is 742. The number of hydrogen-bond acceptors (Lipinski definition) is 3. The van der Waals surface area contributed by atoms with Crippen LogP contribution in [0.2, 0.25) is 0 Å². The number of likely N-dealkylation sites (tertiary alicyclic amines) is 1. The summed E-state index contributed by atoms with van der Waals surface area (Å²) in [5, 5.41) is 3.10. The summed E-state index contributed by atoms with van der Waals surface area (Å²) in [7, 11) is 1.90. The minimum absolute atomic E-state index is 0.0627. The summed E-state index contributed by atoms with van der Waals surface area (Å²) in [6.07, 6.45) is 6.60. The quantitative estimate of drug-likeness (QED) is 0.936. The molecule has 2 saturated heterocycles. The Balaban J connectivity index is 1.45. The summed E-state index contributed by atoms with van der Waals surface area (Å²) < 4.78 is 2.02. The molecule has 24 heavy (non-hydrogen) atoms. The first-order valence-corrected chi connectivity index (χ1v) is 8.45. The van der Waals surface area contributed by atoms with Gasteiger partial charge in [0.15, 0.2) is 0 Å². The molecular weight excluding hydrogens is 302 g/mol. The van der Waals surface area contributed by atoms with Crippen molar-refractivity contribution in [2.24, 2.45) is 0 Å². The van der Waals surface area contributed by atoms with Crippen LogP contribution in [0, 0.1) is 6.92 Å². The maximum Gasteiger partial charge on any atom is 0.317 e. The van der Waals surface area contributed by atoms with E-state index in [1.807, 2.05) is 29.0 Å².